The molecule has 4 aromatic heterocycles. The lowest BCUT2D eigenvalue weighted by Crippen LogP contribution is -2.19. The van der Waals surface area contributed by atoms with E-state index in [-0.39, 0.29) is 34.0 Å². The van der Waals surface area contributed by atoms with Gasteiger partial charge in [-0.15, -0.1) is 5.10 Å². The van der Waals surface area contributed by atoms with E-state index in [1.807, 2.05) is 0 Å². The zero-order valence-corrected chi connectivity index (χ0v) is 21.1. The molecule has 0 fully saturated rings. The van der Waals surface area contributed by atoms with Crippen molar-refractivity contribution in [2.45, 2.75) is 19.2 Å². The molecule has 0 radical (unpaired) electrons. The number of hydrogen-bond acceptors (Lipinski definition) is 8. The van der Waals surface area contributed by atoms with Crippen LogP contribution in [0.1, 0.15) is 34.6 Å². The van der Waals surface area contributed by atoms with Crippen LogP contribution in [0.15, 0.2) is 42.7 Å². The first-order valence-corrected chi connectivity index (χ1v) is 11.4. The van der Waals surface area contributed by atoms with Gasteiger partial charge in [-0.05, 0) is 37.3 Å². The first-order valence-electron chi connectivity index (χ1n) is 11.0. The van der Waals surface area contributed by atoms with E-state index >= 15 is 0 Å². The molecule has 17 heteroatoms. The van der Waals surface area contributed by atoms with Gasteiger partial charge in [-0.25, -0.2) is 23.8 Å². The second-order valence-corrected chi connectivity index (χ2v) is 8.45. The Balaban J connectivity index is 1.47. The fraction of sp³-hybridized carbons (Fsp3) is 0.174. The molecule has 0 unspecified atom stereocenters. The first-order chi connectivity index (χ1) is 18.8. The molecule has 0 bridgehead atoms. The third-order valence-electron chi connectivity index (χ3n) is 5.21. The summed E-state index contributed by atoms with van der Waals surface area (Å²) in [5.74, 6) is -2.59. The van der Waals surface area contributed by atoms with Crippen molar-refractivity contribution in [2.75, 3.05) is 10.6 Å². The van der Waals surface area contributed by atoms with Crippen molar-refractivity contribution < 1.29 is 36.3 Å². The molecular weight excluding hydrogens is 567 g/mol. The third kappa shape index (κ3) is 6.45. The number of aromatic nitrogens is 6. The van der Waals surface area contributed by atoms with Gasteiger partial charge in [0, 0.05) is 18.9 Å². The van der Waals surface area contributed by atoms with Crippen LogP contribution in [0.4, 0.5) is 38.3 Å². The molecule has 2 N–H and O–H groups in total. The average Bonchev–Trinajstić information content (AvgIpc) is 3.24. The SMILES string of the molecule is C[C@@H](OC(=O)Nc1c(-c2ccc(C(=O)Nc3cc(Cl)nc(C(F)(F)F)c3)cn2)nnn1C)c1cc(F)cnc1F. The molecule has 2 amide bonds. The van der Waals surface area contributed by atoms with Crippen LogP contribution in [-0.4, -0.2) is 41.9 Å². The van der Waals surface area contributed by atoms with E-state index in [4.69, 9.17) is 16.3 Å². The molecule has 0 saturated carbocycles. The second kappa shape index (κ2) is 11.2. The summed E-state index contributed by atoms with van der Waals surface area (Å²) in [7, 11) is 1.45. The summed E-state index contributed by atoms with van der Waals surface area (Å²) >= 11 is 5.64. The molecule has 4 aromatic rings. The smallest absolute Gasteiger partial charge is 0.433 e. The van der Waals surface area contributed by atoms with E-state index in [1.54, 1.807) is 0 Å². The normalized spacial score (nSPS) is 12.1. The van der Waals surface area contributed by atoms with Crippen molar-refractivity contribution in [3.05, 3.63) is 76.5 Å². The summed E-state index contributed by atoms with van der Waals surface area (Å²) in [6.45, 7) is 1.32. The molecule has 11 nitrogen and oxygen atoms in total. The largest absolute Gasteiger partial charge is 0.441 e. The topological polar surface area (TPSA) is 137 Å². The fourth-order valence-electron chi connectivity index (χ4n) is 3.33. The number of pyridine rings is 3. The van der Waals surface area contributed by atoms with Gasteiger partial charge in [-0.1, -0.05) is 16.8 Å². The zero-order valence-electron chi connectivity index (χ0n) is 20.3. The molecule has 1 atom stereocenters. The number of amides is 2. The number of ether oxygens (including phenoxy) is 1. The molecule has 4 heterocycles. The van der Waals surface area contributed by atoms with Gasteiger partial charge in [-0.2, -0.15) is 17.6 Å². The number of carbonyl (C=O) groups is 2. The maximum Gasteiger partial charge on any atom is 0.433 e. The number of rotatable bonds is 6. The van der Waals surface area contributed by atoms with E-state index < -0.39 is 46.9 Å². The Hall–Kier alpha value is -4.73. The highest BCUT2D eigenvalue weighted by molar-refractivity contribution is 6.29. The van der Waals surface area contributed by atoms with E-state index in [9.17, 15) is 31.5 Å². The van der Waals surface area contributed by atoms with Crippen molar-refractivity contribution >= 4 is 35.1 Å². The molecule has 0 spiro atoms. The minimum Gasteiger partial charge on any atom is -0.441 e. The summed E-state index contributed by atoms with van der Waals surface area (Å²) in [4.78, 5) is 35.6. The van der Waals surface area contributed by atoms with E-state index in [1.165, 1.54) is 30.8 Å². The average molecular weight is 583 g/mol. The maximum absolute atomic E-state index is 13.9. The number of anilines is 2. The molecule has 0 aromatic carbocycles. The molecule has 0 aliphatic carbocycles. The molecule has 0 aliphatic heterocycles. The van der Waals surface area contributed by atoms with Gasteiger partial charge in [0.25, 0.3) is 5.91 Å². The lowest BCUT2D eigenvalue weighted by molar-refractivity contribution is -0.141. The summed E-state index contributed by atoms with van der Waals surface area (Å²) in [6, 6.07) is 5.18. The van der Waals surface area contributed by atoms with Crippen LogP contribution < -0.4 is 10.6 Å². The number of hydrogen-bond donors (Lipinski definition) is 2. The molecular formula is C23H16ClF5N8O3. The number of aryl methyl sites for hydroxylation is 1. The summed E-state index contributed by atoms with van der Waals surface area (Å²) in [5.41, 5.74) is -1.60. The van der Waals surface area contributed by atoms with Crippen molar-refractivity contribution in [2.24, 2.45) is 7.05 Å². The Labute approximate surface area is 226 Å². The van der Waals surface area contributed by atoms with Crippen molar-refractivity contribution in [1.82, 2.24) is 29.9 Å². The van der Waals surface area contributed by atoms with Crippen LogP contribution in [0.3, 0.4) is 0 Å². The van der Waals surface area contributed by atoms with Crippen LogP contribution in [0.2, 0.25) is 5.15 Å². The lowest BCUT2D eigenvalue weighted by Gasteiger charge is -2.15. The summed E-state index contributed by atoms with van der Waals surface area (Å²) in [5, 5.41) is 11.9. The van der Waals surface area contributed by atoms with Crippen LogP contribution in [0.5, 0.6) is 0 Å². The van der Waals surface area contributed by atoms with Crippen molar-refractivity contribution in [3.63, 3.8) is 0 Å². The molecule has 40 heavy (non-hydrogen) atoms. The summed E-state index contributed by atoms with van der Waals surface area (Å²) in [6.07, 6.45) is -5.22. The minimum absolute atomic E-state index is 0.0193. The molecule has 4 rings (SSSR count). The molecule has 208 valence electrons. The van der Waals surface area contributed by atoms with Crippen molar-refractivity contribution in [3.8, 4) is 11.4 Å². The Morgan fingerprint density at radius 3 is 2.50 bits per heavy atom. The summed E-state index contributed by atoms with van der Waals surface area (Å²) < 4.78 is 72.5. The highest BCUT2D eigenvalue weighted by Crippen LogP contribution is 2.31. The van der Waals surface area contributed by atoms with Crippen LogP contribution >= 0.6 is 11.6 Å². The monoisotopic (exact) mass is 582 g/mol. The van der Waals surface area contributed by atoms with Gasteiger partial charge < -0.3 is 10.1 Å². The van der Waals surface area contributed by atoms with E-state index in [0.717, 1.165) is 18.3 Å². The molecule has 0 saturated heterocycles. The predicted octanol–water partition coefficient (Wildman–Crippen LogP) is 5.18. The van der Waals surface area contributed by atoms with Gasteiger partial charge in [0.05, 0.1) is 23.0 Å². The quantitative estimate of drug-likeness (QED) is 0.234. The number of alkyl halides is 3. The zero-order chi connectivity index (χ0) is 29.2. The number of carbonyl (C=O) groups excluding carboxylic acids is 2. The predicted molar refractivity (Wildman–Crippen MR) is 129 cm³/mol. The van der Waals surface area contributed by atoms with Gasteiger partial charge >= 0.3 is 12.3 Å². The Morgan fingerprint density at radius 2 is 1.82 bits per heavy atom. The Morgan fingerprint density at radius 1 is 1.07 bits per heavy atom. The van der Waals surface area contributed by atoms with E-state index in [0.29, 0.717) is 12.3 Å². The number of nitrogens with zero attached hydrogens (tertiary/aromatic N) is 6. The second-order valence-electron chi connectivity index (χ2n) is 8.06. The molecule has 0 aliphatic rings. The minimum atomic E-state index is -4.77. The number of nitrogens with one attached hydrogen (secondary N) is 2. The highest BCUT2D eigenvalue weighted by Gasteiger charge is 2.33. The Bertz CT molecular complexity index is 1580. The standard InChI is InChI=1S/C23H16ClF5N8O3/c1-10(14-5-12(25)9-31-19(14)26)40-22(39)34-20-18(35-36-37(20)2)15-4-3-11(8-30-15)21(38)32-13-6-16(23(27,28)29)33-17(24)7-13/h3-10H,1-2H3,(H,34,39)(H,32,33,38)/t10-/m1/s1. The van der Waals surface area contributed by atoms with Crippen LogP contribution in [0.25, 0.3) is 11.4 Å². The Kier molecular flexibility index (Phi) is 7.90. The maximum atomic E-state index is 13.9. The first kappa shape index (κ1) is 28.3. The van der Waals surface area contributed by atoms with Gasteiger partial charge in [0.1, 0.15) is 22.8 Å². The van der Waals surface area contributed by atoms with Crippen molar-refractivity contribution in [1.29, 1.82) is 0 Å². The van der Waals surface area contributed by atoms with Gasteiger partial charge in [0.15, 0.2) is 11.5 Å². The van der Waals surface area contributed by atoms with Gasteiger partial charge in [-0.3, -0.25) is 15.1 Å². The van der Waals surface area contributed by atoms with E-state index in [2.05, 4.69) is 35.9 Å². The fourth-order valence-corrected chi connectivity index (χ4v) is 3.54. The van der Waals surface area contributed by atoms with Crippen LogP contribution in [0, 0.1) is 11.8 Å². The van der Waals surface area contributed by atoms with Gasteiger partial charge in [0.2, 0.25) is 5.95 Å². The lowest BCUT2D eigenvalue weighted by atomic mass is 10.2. The van der Waals surface area contributed by atoms with Crippen LogP contribution in [-0.2, 0) is 18.0 Å². The highest BCUT2D eigenvalue weighted by atomic mass is 35.5. The number of halogens is 6. The third-order valence-corrected chi connectivity index (χ3v) is 5.41.